The molecule has 2 aromatic heterocycles. The van der Waals surface area contributed by atoms with Crippen molar-refractivity contribution in [1.29, 1.82) is 0 Å². The fourth-order valence-electron chi connectivity index (χ4n) is 2.56. The predicted molar refractivity (Wildman–Crippen MR) is 86.2 cm³/mol. The maximum Gasteiger partial charge on any atom is 0.453 e. The van der Waals surface area contributed by atoms with Crippen LogP contribution in [0.25, 0.3) is 22.4 Å². The van der Waals surface area contributed by atoms with Crippen molar-refractivity contribution in [3.8, 4) is 22.4 Å². The summed E-state index contributed by atoms with van der Waals surface area (Å²) >= 11 is 0. The van der Waals surface area contributed by atoms with Crippen LogP contribution < -0.4 is 5.14 Å². The lowest BCUT2D eigenvalue weighted by molar-refractivity contribution is -0.154. The Labute approximate surface area is 150 Å². The summed E-state index contributed by atoms with van der Waals surface area (Å²) in [7, 11) is -4.37. The number of aryl methyl sites for hydroxylation is 1. The number of sulfonamides is 1. The molecule has 0 aliphatic carbocycles. The lowest BCUT2D eigenvalue weighted by Crippen LogP contribution is -2.14. The van der Waals surface area contributed by atoms with Gasteiger partial charge in [0.25, 0.3) is 0 Å². The molecule has 1 aromatic carbocycles. The molecule has 3 rings (SSSR count). The topological polar surface area (TPSA) is 99.1 Å². The van der Waals surface area contributed by atoms with Crippen molar-refractivity contribution in [2.45, 2.75) is 18.0 Å². The summed E-state index contributed by atoms with van der Waals surface area (Å²) in [4.78, 5) is 3.16. The van der Waals surface area contributed by atoms with Gasteiger partial charge >= 0.3 is 6.18 Å². The Kier molecular flexibility index (Phi) is 4.52. The molecular formula is C16H11F4N3O3S. The van der Waals surface area contributed by atoms with E-state index in [0.29, 0.717) is 11.8 Å². The van der Waals surface area contributed by atoms with Crippen LogP contribution in [-0.4, -0.2) is 18.6 Å². The van der Waals surface area contributed by atoms with Crippen molar-refractivity contribution in [2.24, 2.45) is 5.14 Å². The van der Waals surface area contributed by atoms with E-state index in [1.54, 1.807) is 6.92 Å². The van der Waals surface area contributed by atoms with Crippen molar-refractivity contribution >= 4 is 10.0 Å². The van der Waals surface area contributed by atoms with Crippen LogP contribution in [0.4, 0.5) is 17.6 Å². The van der Waals surface area contributed by atoms with Gasteiger partial charge in [-0.15, -0.1) is 0 Å². The summed E-state index contributed by atoms with van der Waals surface area (Å²) in [6.07, 6.45) is -3.46. The molecule has 6 nitrogen and oxygen atoms in total. The number of halogens is 4. The van der Waals surface area contributed by atoms with Crippen molar-refractivity contribution < 1.29 is 30.5 Å². The molecule has 0 radical (unpaired) electrons. The average Bonchev–Trinajstić information content (AvgIpc) is 2.99. The molecule has 11 heteroatoms. The van der Waals surface area contributed by atoms with Crippen LogP contribution in [-0.2, 0) is 16.2 Å². The maximum absolute atomic E-state index is 14.2. The number of nitrogens with two attached hydrogens (primary N) is 1. The SMILES string of the molecule is Cc1ncccc1-c1noc(C(F)(F)F)c1-c1ccc(S(N)(=O)=O)c(F)c1. The quantitative estimate of drug-likeness (QED) is 0.677. The monoisotopic (exact) mass is 401 g/mol. The zero-order valence-corrected chi connectivity index (χ0v) is 14.4. The molecule has 2 heterocycles. The molecule has 0 saturated heterocycles. The zero-order valence-electron chi connectivity index (χ0n) is 13.6. The van der Waals surface area contributed by atoms with Gasteiger partial charge in [0.1, 0.15) is 16.4 Å². The highest BCUT2D eigenvalue weighted by molar-refractivity contribution is 7.89. The lowest BCUT2D eigenvalue weighted by atomic mass is 9.98. The first-order chi connectivity index (χ1) is 12.5. The van der Waals surface area contributed by atoms with Crippen LogP contribution in [0.1, 0.15) is 11.5 Å². The smallest absolute Gasteiger partial charge is 0.350 e. The lowest BCUT2D eigenvalue weighted by Gasteiger charge is -2.09. The van der Waals surface area contributed by atoms with Crippen LogP contribution in [0, 0.1) is 12.7 Å². The van der Waals surface area contributed by atoms with Gasteiger partial charge in [-0.05, 0) is 36.8 Å². The normalized spacial score (nSPS) is 12.4. The number of hydrogen-bond donors (Lipinski definition) is 1. The Bertz CT molecular complexity index is 1120. The second kappa shape index (κ2) is 6.43. The fraction of sp³-hybridized carbons (Fsp3) is 0.125. The number of rotatable bonds is 3. The molecule has 0 bridgehead atoms. The van der Waals surface area contributed by atoms with E-state index in [2.05, 4.69) is 14.7 Å². The van der Waals surface area contributed by atoms with Gasteiger partial charge in [0.2, 0.25) is 15.8 Å². The highest BCUT2D eigenvalue weighted by Crippen LogP contribution is 2.43. The zero-order chi connectivity index (χ0) is 20.0. The highest BCUT2D eigenvalue weighted by atomic mass is 32.2. The number of aromatic nitrogens is 2. The summed E-state index contributed by atoms with van der Waals surface area (Å²) in [6.45, 7) is 1.56. The molecule has 27 heavy (non-hydrogen) atoms. The first kappa shape index (κ1) is 19.0. The molecule has 0 aliphatic heterocycles. The third kappa shape index (κ3) is 3.55. The molecule has 0 amide bonds. The maximum atomic E-state index is 14.2. The number of alkyl halides is 3. The van der Waals surface area contributed by atoms with E-state index in [1.807, 2.05) is 0 Å². The number of nitrogens with zero attached hydrogens (tertiary/aromatic N) is 2. The van der Waals surface area contributed by atoms with Gasteiger partial charge in [0.15, 0.2) is 0 Å². The minimum atomic E-state index is -4.91. The molecule has 0 fully saturated rings. The highest BCUT2D eigenvalue weighted by Gasteiger charge is 2.41. The fourth-order valence-corrected chi connectivity index (χ4v) is 3.15. The largest absolute Gasteiger partial charge is 0.453 e. The van der Waals surface area contributed by atoms with Gasteiger partial charge in [0.05, 0.1) is 5.56 Å². The van der Waals surface area contributed by atoms with E-state index in [4.69, 9.17) is 5.14 Å². The first-order valence-corrected chi connectivity index (χ1v) is 8.86. The Hall–Kier alpha value is -2.79. The second-order valence-electron chi connectivity index (χ2n) is 5.56. The Morgan fingerprint density at radius 1 is 1.19 bits per heavy atom. The molecule has 0 atom stereocenters. The van der Waals surface area contributed by atoms with Crippen molar-refractivity contribution in [2.75, 3.05) is 0 Å². The predicted octanol–water partition coefficient (Wildman–Crippen LogP) is 3.52. The van der Waals surface area contributed by atoms with Gasteiger partial charge < -0.3 is 4.52 Å². The van der Waals surface area contributed by atoms with E-state index >= 15 is 0 Å². The summed E-state index contributed by atoms with van der Waals surface area (Å²) in [5.41, 5.74) is -0.369. The minimum Gasteiger partial charge on any atom is -0.350 e. The minimum absolute atomic E-state index is 0.198. The summed E-state index contributed by atoms with van der Waals surface area (Å²) in [6, 6.07) is 5.40. The van der Waals surface area contributed by atoms with Crippen molar-refractivity contribution in [1.82, 2.24) is 10.1 Å². The summed E-state index contributed by atoms with van der Waals surface area (Å²) in [5, 5.41) is 8.37. The molecule has 142 valence electrons. The van der Waals surface area contributed by atoms with E-state index in [-0.39, 0.29) is 16.8 Å². The average molecular weight is 401 g/mol. The molecule has 3 aromatic rings. The third-order valence-corrected chi connectivity index (χ3v) is 4.68. The third-order valence-electron chi connectivity index (χ3n) is 3.74. The molecule has 0 aliphatic rings. The molecule has 0 spiro atoms. The van der Waals surface area contributed by atoms with E-state index in [1.165, 1.54) is 18.3 Å². The van der Waals surface area contributed by atoms with Crippen LogP contribution in [0.15, 0.2) is 45.9 Å². The Morgan fingerprint density at radius 3 is 2.44 bits per heavy atom. The van der Waals surface area contributed by atoms with E-state index in [9.17, 15) is 26.0 Å². The van der Waals surface area contributed by atoms with Crippen molar-refractivity contribution in [3.05, 3.63) is 53.8 Å². The standard InChI is InChI=1S/C16H11F4N3O3S/c1-8-10(3-2-6-22-8)14-13(15(26-23-14)16(18,19)20)9-4-5-12(11(17)7-9)27(21,24)25/h2-7H,1H3,(H2,21,24,25). The van der Waals surface area contributed by atoms with E-state index in [0.717, 1.165) is 12.1 Å². The molecule has 0 saturated carbocycles. The number of primary sulfonamides is 1. The number of benzene rings is 1. The Balaban J connectivity index is 2.30. The van der Waals surface area contributed by atoms with Gasteiger partial charge in [-0.3, -0.25) is 4.98 Å². The van der Waals surface area contributed by atoms with Crippen molar-refractivity contribution in [3.63, 3.8) is 0 Å². The number of hydrogen-bond acceptors (Lipinski definition) is 5. The first-order valence-electron chi connectivity index (χ1n) is 7.31. The summed E-state index contributed by atoms with van der Waals surface area (Å²) < 4.78 is 81.4. The van der Waals surface area contributed by atoms with Gasteiger partial charge in [0, 0.05) is 17.5 Å². The van der Waals surface area contributed by atoms with Crippen LogP contribution in [0.5, 0.6) is 0 Å². The van der Waals surface area contributed by atoms with Crippen LogP contribution in [0.3, 0.4) is 0 Å². The van der Waals surface area contributed by atoms with Crippen LogP contribution in [0.2, 0.25) is 0 Å². The molecule has 0 unspecified atom stereocenters. The molecular weight excluding hydrogens is 390 g/mol. The number of pyridine rings is 1. The van der Waals surface area contributed by atoms with Gasteiger partial charge in [-0.1, -0.05) is 11.2 Å². The van der Waals surface area contributed by atoms with Crippen LogP contribution >= 0.6 is 0 Å². The second-order valence-corrected chi connectivity index (χ2v) is 7.09. The van der Waals surface area contributed by atoms with E-state index < -0.39 is 38.2 Å². The summed E-state index contributed by atoms with van der Waals surface area (Å²) in [5.74, 6) is -2.73. The molecule has 2 N–H and O–H groups in total. The van der Waals surface area contributed by atoms with Gasteiger partial charge in [-0.25, -0.2) is 17.9 Å². The Morgan fingerprint density at radius 2 is 1.89 bits per heavy atom. The van der Waals surface area contributed by atoms with Gasteiger partial charge in [-0.2, -0.15) is 13.2 Å².